The number of nitrogens with zero attached hydrogens (tertiary/aromatic N) is 1. The van der Waals surface area contributed by atoms with E-state index < -0.39 is 56.9 Å². The number of rotatable bonds is 5. The molecule has 0 aliphatic carbocycles. The molecule has 192 valence electrons. The average Bonchev–Trinajstić information content (AvgIpc) is 3.27. The number of hydrogen-bond acceptors (Lipinski definition) is 11. The Morgan fingerprint density at radius 2 is 1.81 bits per heavy atom. The van der Waals surface area contributed by atoms with Gasteiger partial charge in [-0.15, -0.1) is 0 Å². The van der Waals surface area contributed by atoms with Crippen molar-refractivity contribution in [2.75, 3.05) is 26.2 Å². The lowest BCUT2D eigenvalue weighted by Gasteiger charge is -2.15. The van der Waals surface area contributed by atoms with E-state index in [0.717, 1.165) is 24.5 Å². The predicted molar refractivity (Wildman–Crippen MR) is 130 cm³/mol. The third-order valence-electron chi connectivity index (χ3n) is 6.38. The Morgan fingerprint density at radius 3 is 2.54 bits per heavy atom. The molecule has 6 N–H and O–H groups in total. The lowest BCUT2D eigenvalue weighted by molar-refractivity contribution is 0.0465. The molecule has 0 saturated carbocycles. The third-order valence-corrected chi connectivity index (χ3v) is 6.38. The van der Waals surface area contributed by atoms with E-state index in [9.17, 15) is 39.9 Å². The normalized spacial score (nSPS) is 16.0. The molecule has 1 fully saturated rings. The van der Waals surface area contributed by atoms with Crippen LogP contribution in [0.5, 0.6) is 23.0 Å². The van der Waals surface area contributed by atoms with Crippen LogP contribution in [0.2, 0.25) is 0 Å². The second-order valence-corrected chi connectivity index (χ2v) is 8.77. The summed E-state index contributed by atoms with van der Waals surface area (Å²) in [5.41, 5.74) is -2.58. The molecule has 0 bridgehead atoms. The second kappa shape index (κ2) is 9.15. The summed E-state index contributed by atoms with van der Waals surface area (Å²) >= 11 is 0. The lowest BCUT2D eigenvalue weighted by atomic mass is 10.0. The van der Waals surface area contributed by atoms with E-state index in [-0.39, 0.29) is 34.2 Å². The summed E-state index contributed by atoms with van der Waals surface area (Å²) in [6.07, 6.45) is 2.34. The number of benzene rings is 2. The van der Waals surface area contributed by atoms with Crippen LogP contribution in [0.15, 0.2) is 44.7 Å². The molecule has 2 aromatic carbocycles. The fourth-order valence-electron chi connectivity index (χ4n) is 4.45. The lowest BCUT2D eigenvalue weighted by Crippen LogP contribution is -2.27. The number of aliphatic hydroxyl groups excluding tert-OH is 1. The number of esters is 1. The Kier molecular flexibility index (Phi) is 5.97. The van der Waals surface area contributed by atoms with Crippen LogP contribution in [-0.2, 0) is 4.74 Å². The van der Waals surface area contributed by atoms with Crippen molar-refractivity contribution in [1.29, 1.82) is 0 Å². The van der Waals surface area contributed by atoms with Gasteiger partial charge in [-0.1, -0.05) is 0 Å². The van der Waals surface area contributed by atoms with Gasteiger partial charge in [0.05, 0.1) is 33.5 Å². The van der Waals surface area contributed by atoms with Crippen molar-refractivity contribution in [2.45, 2.75) is 12.5 Å². The minimum Gasteiger partial charge on any atom is -0.504 e. The molecule has 1 aliphatic heterocycles. The third kappa shape index (κ3) is 4.21. The van der Waals surface area contributed by atoms with Crippen LogP contribution in [-0.4, -0.2) is 73.7 Å². The Balaban J connectivity index is 1.58. The van der Waals surface area contributed by atoms with Gasteiger partial charge in [0.25, 0.3) is 0 Å². The summed E-state index contributed by atoms with van der Waals surface area (Å²) in [4.78, 5) is 44.2. The maximum absolute atomic E-state index is 13.5. The second-order valence-electron chi connectivity index (χ2n) is 8.77. The fourth-order valence-corrected chi connectivity index (χ4v) is 4.45. The highest BCUT2D eigenvalue weighted by atomic mass is 16.5. The van der Waals surface area contributed by atoms with Gasteiger partial charge < -0.3 is 39.7 Å². The Hall–Kier alpha value is -4.55. The number of aromatic hydroxyl groups is 4. The summed E-state index contributed by atoms with van der Waals surface area (Å²) in [6.45, 7) is 1.27. The molecule has 1 unspecified atom stereocenters. The van der Waals surface area contributed by atoms with E-state index in [2.05, 4.69) is 4.98 Å². The first kappa shape index (κ1) is 24.2. The van der Waals surface area contributed by atoms with Crippen LogP contribution in [0, 0.1) is 0 Å². The largest absolute Gasteiger partial charge is 0.504 e. The summed E-state index contributed by atoms with van der Waals surface area (Å²) in [7, 11) is 0. The molecule has 4 aromatic rings. The zero-order chi connectivity index (χ0) is 26.4. The number of likely N-dealkylation sites (tertiary alicyclic amines) is 1. The number of aromatic amines is 1. The van der Waals surface area contributed by atoms with Gasteiger partial charge in [-0.05, 0) is 12.5 Å². The number of fused-ring (bicyclic) bond motifs is 2. The van der Waals surface area contributed by atoms with Crippen molar-refractivity contribution in [3.8, 4) is 34.1 Å². The summed E-state index contributed by atoms with van der Waals surface area (Å²) < 4.78 is 10.7. The number of phenolic OH excluding ortho intramolecular Hbond substituents is 4. The number of ether oxygens (including phenoxy) is 1. The number of aliphatic hydroxyl groups is 1. The summed E-state index contributed by atoms with van der Waals surface area (Å²) in [5, 5.41) is 49.3. The van der Waals surface area contributed by atoms with Crippen molar-refractivity contribution < 1.29 is 39.5 Å². The van der Waals surface area contributed by atoms with Crippen molar-refractivity contribution in [3.05, 3.63) is 56.7 Å². The van der Waals surface area contributed by atoms with Crippen LogP contribution in [0.1, 0.15) is 16.8 Å². The first-order valence-corrected chi connectivity index (χ1v) is 11.3. The molecule has 0 amide bonds. The number of pyridine rings is 1. The molecular formula is C25H22N2O10. The van der Waals surface area contributed by atoms with Gasteiger partial charge in [-0.25, -0.2) is 4.79 Å². The number of H-pyrrole nitrogens is 1. The molecule has 1 saturated heterocycles. The molecule has 37 heavy (non-hydrogen) atoms. The molecule has 12 heteroatoms. The van der Waals surface area contributed by atoms with Crippen molar-refractivity contribution in [3.63, 3.8) is 0 Å². The van der Waals surface area contributed by atoms with Crippen LogP contribution in [0.3, 0.4) is 0 Å². The Morgan fingerprint density at radius 1 is 1.05 bits per heavy atom. The van der Waals surface area contributed by atoms with E-state index in [1.54, 1.807) is 0 Å². The highest BCUT2D eigenvalue weighted by molar-refractivity contribution is 6.07. The number of carbonyl (C=O) groups is 1. The Bertz CT molecular complexity index is 1670. The quantitative estimate of drug-likeness (QED) is 0.168. The molecule has 1 aliphatic rings. The van der Waals surface area contributed by atoms with Crippen molar-refractivity contribution in [1.82, 2.24) is 9.88 Å². The monoisotopic (exact) mass is 510 g/mol. The molecule has 0 spiro atoms. The Labute approximate surface area is 207 Å². The SMILES string of the molecule is O=C(OCCN1CCC(O)C1)c1c(O)c(O)cc2occ(-c3c[nH]c4cc(O)c(O)cc4c3=O)c(=O)c12. The smallest absolute Gasteiger partial charge is 0.343 e. The van der Waals surface area contributed by atoms with E-state index in [4.69, 9.17) is 9.15 Å². The van der Waals surface area contributed by atoms with Gasteiger partial charge in [0.15, 0.2) is 28.4 Å². The van der Waals surface area contributed by atoms with Crippen molar-refractivity contribution >= 4 is 27.8 Å². The van der Waals surface area contributed by atoms with Gasteiger partial charge in [0.1, 0.15) is 24.0 Å². The molecular weight excluding hydrogens is 488 g/mol. The number of phenols is 4. The predicted octanol–water partition coefficient (Wildman–Crippen LogP) is 1.35. The minimum absolute atomic E-state index is 0.0208. The number of aromatic nitrogens is 1. The van der Waals surface area contributed by atoms with Gasteiger partial charge >= 0.3 is 5.97 Å². The van der Waals surface area contributed by atoms with Crippen LogP contribution >= 0.6 is 0 Å². The number of nitrogens with one attached hydrogen (secondary N) is 1. The van der Waals surface area contributed by atoms with Crippen LogP contribution in [0.25, 0.3) is 33.0 Å². The van der Waals surface area contributed by atoms with Gasteiger partial charge in [-0.2, -0.15) is 0 Å². The number of hydrogen-bond donors (Lipinski definition) is 6. The first-order valence-electron chi connectivity index (χ1n) is 11.3. The number of β-amino-alcohol motifs (C(OH)–C–C–N with tert-alkyl or cyclic N) is 1. The maximum Gasteiger partial charge on any atom is 0.343 e. The zero-order valence-electron chi connectivity index (χ0n) is 19.2. The van der Waals surface area contributed by atoms with Gasteiger partial charge in [0, 0.05) is 38.0 Å². The maximum atomic E-state index is 13.5. The average molecular weight is 510 g/mol. The molecule has 3 heterocycles. The molecule has 0 radical (unpaired) electrons. The van der Waals surface area contributed by atoms with Crippen molar-refractivity contribution in [2.24, 2.45) is 0 Å². The molecule has 1 atom stereocenters. The molecule has 12 nitrogen and oxygen atoms in total. The van der Waals surface area contributed by atoms with Gasteiger partial charge in [0.2, 0.25) is 5.43 Å². The standard InChI is InChI=1S/C25H22N2O10/c28-11-1-2-27(9-11)3-4-36-25(35)21-20-19(7-18(31)24(21)34)37-10-14(23(20)33)13-8-26-15-6-17(30)16(29)5-12(15)22(13)32/h5-8,10-11,28-31,34H,1-4,9H2,(H,26,32). The first-order chi connectivity index (χ1) is 17.7. The molecule has 2 aromatic heterocycles. The summed E-state index contributed by atoms with van der Waals surface area (Å²) in [6, 6.07) is 3.15. The molecule has 5 rings (SSSR count). The van der Waals surface area contributed by atoms with E-state index in [1.165, 1.54) is 6.20 Å². The van der Waals surface area contributed by atoms with E-state index in [1.807, 2.05) is 4.90 Å². The highest BCUT2D eigenvalue weighted by Gasteiger charge is 2.27. The van der Waals surface area contributed by atoms with Crippen LogP contribution in [0.4, 0.5) is 0 Å². The topological polar surface area (TPSA) is 194 Å². The van der Waals surface area contributed by atoms with E-state index in [0.29, 0.717) is 26.1 Å². The fraction of sp³-hybridized carbons (Fsp3) is 0.240. The highest BCUT2D eigenvalue weighted by Crippen LogP contribution is 2.36. The zero-order valence-corrected chi connectivity index (χ0v) is 19.2. The van der Waals surface area contributed by atoms with Crippen LogP contribution < -0.4 is 10.9 Å². The van der Waals surface area contributed by atoms with Gasteiger partial charge in [-0.3, -0.25) is 14.5 Å². The van der Waals surface area contributed by atoms with E-state index >= 15 is 0 Å². The number of carbonyl (C=O) groups excluding carboxylic acids is 1. The minimum atomic E-state index is -1.09. The summed E-state index contributed by atoms with van der Waals surface area (Å²) in [5.74, 6) is -3.66.